The van der Waals surface area contributed by atoms with E-state index >= 15 is 0 Å². The van der Waals surface area contributed by atoms with E-state index < -0.39 is 0 Å². The predicted molar refractivity (Wildman–Crippen MR) is 87.3 cm³/mol. The Morgan fingerprint density at radius 1 is 1.43 bits per heavy atom. The summed E-state index contributed by atoms with van der Waals surface area (Å²) in [6, 6.07) is 8.16. The second kappa shape index (κ2) is 7.46. The van der Waals surface area contributed by atoms with E-state index in [2.05, 4.69) is 12.2 Å². The van der Waals surface area contributed by atoms with E-state index in [0.29, 0.717) is 6.04 Å². The molecule has 2 unspecified atom stereocenters. The summed E-state index contributed by atoms with van der Waals surface area (Å²) in [4.78, 5) is 14.6. The number of urea groups is 1. The molecule has 1 aromatic rings. The molecule has 1 aromatic carbocycles. The Kier molecular flexibility index (Phi) is 5.62. The first-order valence-electron chi connectivity index (χ1n) is 8.05. The zero-order chi connectivity index (χ0) is 15.2. The van der Waals surface area contributed by atoms with Crippen LogP contribution in [0.1, 0.15) is 57.6 Å². The Morgan fingerprint density at radius 2 is 2.24 bits per heavy atom. The molecule has 1 fully saturated rings. The highest BCUT2D eigenvalue weighted by molar-refractivity contribution is 5.89. The highest BCUT2D eigenvalue weighted by Crippen LogP contribution is 2.21. The topological polar surface area (TPSA) is 58.4 Å². The van der Waals surface area contributed by atoms with Crippen LogP contribution >= 0.6 is 0 Å². The van der Waals surface area contributed by atoms with Gasteiger partial charge in [-0.05, 0) is 43.9 Å². The SMILES string of the molecule is CCC1CCCCCN1C(=O)Nc1cccc(C(C)N)c1. The second-order valence-corrected chi connectivity index (χ2v) is 5.95. The fraction of sp³-hybridized carbons (Fsp3) is 0.588. The van der Waals surface area contributed by atoms with Crippen LogP contribution in [-0.4, -0.2) is 23.5 Å². The van der Waals surface area contributed by atoms with Gasteiger partial charge in [0, 0.05) is 24.3 Å². The van der Waals surface area contributed by atoms with Crippen LogP contribution in [0.2, 0.25) is 0 Å². The van der Waals surface area contributed by atoms with Crippen LogP contribution in [0.25, 0.3) is 0 Å². The number of benzene rings is 1. The lowest BCUT2D eigenvalue weighted by molar-refractivity contribution is 0.187. The summed E-state index contributed by atoms with van der Waals surface area (Å²) >= 11 is 0. The minimum absolute atomic E-state index is 0.0191. The van der Waals surface area contributed by atoms with Crippen LogP contribution in [-0.2, 0) is 0 Å². The van der Waals surface area contributed by atoms with E-state index in [4.69, 9.17) is 5.73 Å². The van der Waals surface area contributed by atoms with E-state index in [-0.39, 0.29) is 12.1 Å². The number of rotatable bonds is 3. The Balaban J connectivity index is 2.07. The highest BCUT2D eigenvalue weighted by Gasteiger charge is 2.24. The van der Waals surface area contributed by atoms with Gasteiger partial charge in [-0.1, -0.05) is 31.9 Å². The van der Waals surface area contributed by atoms with Crippen molar-refractivity contribution in [2.45, 2.75) is 58.0 Å². The number of carbonyl (C=O) groups excluding carboxylic acids is 1. The minimum atomic E-state index is -0.0246. The Bertz CT molecular complexity index is 473. The third-order valence-electron chi connectivity index (χ3n) is 4.27. The smallest absolute Gasteiger partial charge is 0.322 e. The van der Waals surface area contributed by atoms with Crippen molar-refractivity contribution >= 4 is 11.7 Å². The van der Waals surface area contributed by atoms with Crippen LogP contribution < -0.4 is 11.1 Å². The van der Waals surface area contributed by atoms with Crippen LogP contribution in [0.3, 0.4) is 0 Å². The molecule has 0 saturated carbocycles. The predicted octanol–water partition coefficient (Wildman–Crippen LogP) is 3.89. The molecule has 2 atom stereocenters. The summed E-state index contributed by atoms with van der Waals surface area (Å²) in [7, 11) is 0. The zero-order valence-corrected chi connectivity index (χ0v) is 13.1. The number of likely N-dealkylation sites (tertiary alicyclic amines) is 1. The number of amides is 2. The van der Waals surface area contributed by atoms with Crippen LogP contribution in [0, 0.1) is 0 Å². The number of hydrogen-bond acceptors (Lipinski definition) is 2. The number of hydrogen-bond donors (Lipinski definition) is 2. The van der Waals surface area contributed by atoms with Crippen LogP contribution in [0.5, 0.6) is 0 Å². The highest BCUT2D eigenvalue weighted by atomic mass is 16.2. The lowest BCUT2D eigenvalue weighted by atomic mass is 10.1. The zero-order valence-electron chi connectivity index (χ0n) is 13.1. The van der Waals surface area contributed by atoms with Gasteiger partial charge in [0.2, 0.25) is 0 Å². The molecule has 21 heavy (non-hydrogen) atoms. The molecule has 1 aliphatic rings. The van der Waals surface area contributed by atoms with Gasteiger partial charge in [-0.15, -0.1) is 0 Å². The van der Waals surface area contributed by atoms with Crippen molar-refractivity contribution in [2.75, 3.05) is 11.9 Å². The molecule has 2 amide bonds. The van der Waals surface area contributed by atoms with Gasteiger partial charge >= 0.3 is 6.03 Å². The number of carbonyl (C=O) groups is 1. The van der Waals surface area contributed by atoms with E-state index in [9.17, 15) is 4.79 Å². The average molecular weight is 289 g/mol. The molecule has 1 heterocycles. The van der Waals surface area contributed by atoms with Gasteiger partial charge < -0.3 is 16.0 Å². The van der Waals surface area contributed by atoms with Crippen molar-refractivity contribution in [2.24, 2.45) is 5.73 Å². The summed E-state index contributed by atoms with van der Waals surface area (Å²) < 4.78 is 0. The molecule has 0 aliphatic carbocycles. The summed E-state index contributed by atoms with van der Waals surface area (Å²) in [5.41, 5.74) is 7.76. The molecule has 0 bridgehead atoms. The molecule has 0 aromatic heterocycles. The average Bonchev–Trinajstić information content (AvgIpc) is 2.72. The fourth-order valence-electron chi connectivity index (χ4n) is 2.96. The summed E-state index contributed by atoms with van der Waals surface area (Å²) in [5, 5.41) is 3.03. The summed E-state index contributed by atoms with van der Waals surface area (Å²) in [6.07, 6.45) is 5.68. The quantitative estimate of drug-likeness (QED) is 0.886. The molecule has 1 aliphatic heterocycles. The third kappa shape index (κ3) is 4.21. The molecular weight excluding hydrogens is 262 g/mol. The van der Waals surface area contributed by atoms with E-state index in [1.165, 1.54) is 12.8 Å². The largest absolute Gasteiger partial charge is 0.324 e. The first kappa shape index (κ1) is 15.8. The van der Waals surface area contributed by atoms with E-state index in [1.54, 1.807) is 0 Å². The molecular formula is C17H27N3O. The summed E-state index contributed by atoms with van der Waals surface area (Å²) in [6.45, 7) is 4.97. The van der Waals surface area contributed by atoms with Gasteiger partial charge in [-0.2, -0.15) is 0 Å². The molecule has 0 spiro atoms. The monoisotopic (exact) mass is 289 g/mol. The minimum Gasteiger partial charge on any atom is -0.324 e. The first-order chi connectivity index (χ1) is 10.1. The molecule has 1 saturated heterocycles. The van der Waals surface area contributed by atoms with E-state index in [1.807, 2.05) is 36.1 Å². The number of anilines is 1. The molecule has 2 rings (SSSR count). The Morgan fingerprint density at radius 3 is 2.95 bits per heavy atom. The van der Waals surface area contributed by atoms with Crippen molar-refractivity contribution in [1.82, 2.24) is 4.90 Å². The maximum Gasteiger partial charge on any atom is 0.322 e. The van der Waals surface area contributed by atoms with Crippen LogP contribution in [0.15, 0.2) is 24.3 Å². The maximum atomic E-state index is 12.6. The van der Waals surface area contributed by atoms with Crippen LogP contribution in [0.4, 0.5) is 10.5 Å². The van der Waals surface area contributed by atoms with Crippen molar-refractivity contribution in [3.63, 3.8) is 0 Å². The number of nitrogens with one attached hydrogen (secondary N) is 1. The van der Waals surface area contributed by atoms with Gasteiger partial charge in [0.25, 0.3) is 0 Å². The molecule has 0 radical (unpaired) electrons. The molecule has 116 valence electrons. The van der Waals surface area contributed by atoms with Crippen molar-refractivity contribution < 1.29 is 4.79 Å². The summed E-state index contributed by atoms with van der Waals surface area (Å²) in [5.74, 6) is 0. The van der Waals surface area contributed by atoms with Gasteiger partial charge in [-0.3, -0.25) is 0 Å². The van der Waals surface area contributed by atoms with Crippen molar-refractivity contribution in [1.29, 1.82) is 0 Å². The van der Waals surface area contributed by atoms with Gasteiger partial charge in [0.05, 0.1) is 0 Å². The van der Waals surface area contributed by atoms with Gasteiger partial charge in [-0.25, -0.2) is 4.79 Å². The first-order valence-corrected chi connectivity index (χ1v) is 8.05. The molecule has 3 N–H and O–H groups in total. The number of nitrogens with two attached hydrogens (primary N) is 1. The fourth-order valence-corrected chi connectivity index (χ4v) is 2.96. The third-order valence-corrected chi connectivity index (χ3v) is 4.27. The second-order valence-electron chi connectivity index (χ2n) is 5.95. The maximum absolute atomic E-state index is 12.6. The lowest BCUT2D eigenvalue weighted by Gasteiger charge is -2.29. The van der Waals surface area contributed by atoms with Crippen molar-refractivity contribution in [3.8, 4) is 0 Å². The van der Waals surface area contributed by atoms with Gasteiger partial charge in [0.15, 0.2) is 0 Å². The Hall–Kier alpha value is -1.55. The number of nitrogens with zero attached hydrogens (tertiary/aromatic N) is 1. The molecule has 4 nitrogen and oxygen atoms in total. The Labute approximate surface area is 127 Å². The lowest BCUT2D eigenvalue weighted by Crippen LogP contribution is -2.42. The van der Waals surface area contributed by atoms with Crippen molar-refractivity contribution in [3.05, 3.63) is 29.8 Å². The standard InChI is InChI=1S/C17H27N3O/c1-3-16-10-5-4-6-11-20(16)17(21)19-15-9-7-8-14(12-15)13(2)18/h7-9,12-13,16H,3-6,10-11,18H2,1-2H3,(H,19,21). The van der Waals surface area contributed by atoms with Gasteiger partial charge in [0.1, 0.15) is 0 Å². The van der Waals surface area contributed by atoms with E-state index in [0.717, 1.165) is 37.1 Å². The normalized spacial score (nSPS) is 20.7. The molecule has 4 heteroatoms.